The summed E-state index contributed by atoms with van der Waals surface area (Å²) in [5.41, 5.74) is 0. The predicted molar refractivity (Wildman–Crippen MR) is 91.2 cm³/mol. The molecule has 2 fully saturated rings. The number of nitrogens with one attached hydrogen (secondary N) is 1. The highest BCUT2D eigenvalue weighted by Gasteiger charge is 2.32. The first-order valence-electron chi connectivity index (χ1n) is 7.43. The maximum Gasteiger partial charge on any atom is 0.239 e. The van der Waals surface area contributed by atoms with E-state index in [4.69, 9.17) is 0 Å². The van der Waals surface area contributed by atoms with Crippen molar-refractivity contribution in [2.45, 2.75) is 25.1 Å². The highest BCUT2D eigenvalue weighted by atomic mass is 35.5. The Morgan fingerprint density at radius 3 is 2.74 bits per heavy atom. The lowest BCUT2D eigenvalue weighted by Gasteiger charge is -2.24. The van der Waals surface area contributed by atoms with Crippen LogP contribution in [0.1, 0.15) is 12.8 Å². The molecule has 9 heteroatoms. The van der Waals surface area contributed by atoms with Gasteiger partial charge in [0.1, 0.15) is 6.17 Å². The van der Waals surface area contributed by atoms with E-state index in [0.717, 1.165) is 25.3 Å². The van der Waals surface area contributed by atoms with Crippen molar-refractivity contribution in [2.24, 2.45) is 0 Å². The SMILES string of the molecule is Cl.Cl.O=C([C@H]1C[C@H](F)CN1)N1CCCN(c2cccnn2)CC1. The Morgan fingerprint density at radius 1 is 1.26 bits per heavy atom. The molecule has 2 saturated heterocycles. The lowest BCUT2D eigenvalue weighted by atomic mass is 10.2. The van der Waals surface area contributed by atoms with E-state index in [2.05, 4.69) is 20.4 Å². The number of aromatic nitrogens is 2. The van der Waals surface area contributed by atoms with E-state index >= 15 is 0 Å². The van der Waals surface area contributed by atoms with Gasteiger partial charge >= 0.3 is 0 Å². The van der Waals surface area contributed by atoms with Crippen LogP contribution in [0.25, 0.3) is 0 Å². The third kappa shape index (κ3) is 4.89. The van der Waals surface area contributed by atoms with Crippen LogP contribution in [-0.4, -0.2) is 65.9 Å². The van der Waals surface area contributed by atoms with Gasteiger partial charge in [0.05, 0.1) is 6.04 Å². The van der Waals surface area contributed by atoms with Gasteiger partial charge in [-0.15, -0.1) is 29.9 Å². The van der Waals surface area contributed by atoms with E-state index in [9.17, 15) is 9.18 Å². The van der Waals surface area contributed by atoms with Crippen LogP contribution in [0.3, 0.4) is 0 Å². The zero-order valence-electron chi connectivity index (χ0n) is 12.7. The zero-order valence-corrected chi connectivity index (χ0v) is 14.4. The minimum atomic E-state index is -0.901. The van der Waals surface area contributed by atoms with Crippen molar-refractivity contribution in [2.75, 3.05) is 37.6 Å². The molecule has 2 atom stereocenters. The summed E-state index contributed by atoms with van der Waals surface area (Å²) in [4.78, 5) is 16.4. The summed E-state index contributed by atoms with van der Waals surface area (Å²) in [5, 5.41) is 11.0. The molecule has 0 spiro atoms. The van der Waals surface area contributed by atoms with Gasteiger partial charge in [-0.2, -0.15) is 5.10 Å². The van der Waals surface area contributed by atoms with E-state index in [1.54, 1.807) is 6.20 Å². The second kappa shape index (κ2) is 9.20. The predicted octanol–water partition coefficient (Wildman–Crippen LogP) is 1.06. The van der Waals surface area contributed by atoms with Crippen LogP contribution in [0.5, 0.6) is 0 Å². The molecule has 1 amide bonds. The number of anilines is 1. The van der Waals surface area contributed by atoms with Crippen LogP contribution in [0.4, 0.5) is 10.2 Å². The number of amides is 1. The maximum absolute atomic E-state index is 13.2. The fraction of sp³-hybridized carbons (Fsp3) is 0.643. The monoisotopic (exact) mass is 365 g/mol. The molecule has 1 aromatic heterocycles. The molecular formula is C14H22Cl2FN5O. The van der Waals surface area contributed by atoms with Crippen molar-refractivity contribution in [1.29, 1.82) is 0 Å². The normalized spacial score (nSPS) is 24.4. The third-order valence-electron chi connectivity index (χ3n) is 4.07. The molecule has 0 aliphatic carbocycles. The van der Waals surface area contributed by atoms with Crippen molar-refractivity contribution in [3.63, 3.8) is 0 Å². The number of carbonyl (C=O) groups is 1. The van der Waals surface area contributed by atoms with Gasteiger partial charge in [0, 0.05) is 45.3 Å². The van der Waals surface area contributed by atoms with Crippen molar-refractivity contribution in [3.8, 4) is 0 Å². The van der Waals surface area contributed by atoms with Crippen LogP contribution < -0.4 is 10.2 Å². The summed E-state index contributed by atoms with van der Waals surface area (Å²) in [7, 11) is 0. The van der Waals surface area contributed by atoms with Gasteiger partial charge < -0.3 is 15.1 Å². The molecule has 1 N–H and O–H groups in total. The summed E-state index contributed by atoms with van der Waals surface area (Å²) < 4.78 is 13.2. The van der Waals surface area contributed by atoms with Gasteiger partial charge in [-0.05, 0) is 18.6 Å². The van der Waals surface area contributed by atoms with Crippen molar-refractivity contribution >= 4 is 36.5 Å². The van der Waals surface area contributed by atoms with Gasteiger partial charge in [0.15, 0.2) is 5.82 Å². The number of hydrogen-bond acceptors (Lipinski definition) is 5. The van der Waals surface area contributed by atoms with Gasteiger partial charge in [0.25, 0.3) is 0 Å². The molecular weight excluding hydrogens is 344 g/mol. The average Bonchev–Trinajstić information content (AvgIpc) is 2.81. The standard InChI is InChI=1S/C14H20FN5O.2ClH/c15-11-9-12(16-10-11)14(21)20-6-2-5-19(7-8-20)13-3-1-4-17-18-13;;/h1,3-4,11-12,16H,2,5-10H2;2*1H/t11-,12+;;/m0../s1. The topological polar surface area (TPSA) is 61.4 Å². The van der Waals surface area contributed by atoms with Gasteiger partial charge in [0.2, 0.25) is 5.91 Å². The molecule has 23 heavy (non-hydrogen) atoms. The van der Waals surface area contributed by atoms with E-state index < -0.39 is 6.17 Å². The minimum absolute atomic E-state index is 0. The number of alkyl halides is 1. The van der Waals surface area contributed by atoms with Crippen LogP contribution in [0.15, 0.2) is 18.3 Å². The van der Waals surface area contributed by atoms with Crippen LogP contribution in [0.2, 0.25) is 0 Å². The smallest absolute Gasteiger partial charge is 0.239 e. The Balaban J connectivity index is 0.00000132. The van der Waals surface area contributed by atoms with E-state index in [1.807, 2.05) is 17.0 Å². The van der Waals surface area contributed by atoms with Gasteiger partial charge in [-0.3, -0.25) is 4.79 Å². The summed E-state index contributed by atoms with van der Waals surface area (Å²) in [5.74, 6) is 0.866. The lowest BCUT2D eigenvalue weighted by Crippen LogP contribution is -2.45. The number of rotatable bonds is 2. The highest BCUT2D eigenvalue weighted by Crippen LogP contribution is 2.16. The second-order valence-electron chi connectivity index (χ2n) is 5.54. The Labute approximate surface area is 147 Å². The summed E-state index contributed by atoms with van der Waals surface area (Å²) in [6, 6.07) is 3.43. The number of nitrogens with zero attached hydrogens (tertiary/aromatic N) is 4. The fourth-order valence-corrected chi connectivity index (χ4v) is 2.93. The van der Waals surface area contributed by atoms with E-state index in [1.165, 1.54) is 0 Å². The Kier molecular flexibility index (Phi) is 7.94. The molecule has 0 saturated carbocycles. The van der Waals surface area contributed by atoms with Gasteiger partial charge in [-0.25, -0.2) is 4.39 Å². The fourth-order valence-electron chi connectivity index (χ4n) is 2.93. The Morgan fingerprint density at radius 2 is 2.09 bits per heavy atom. The lowest BCUT2D eigenvalue weighted by molar-refractivity contribution is -0.132. The van der Waals surface area contributed by atoms with Crippen molar-refractivity contribution in [1.82, 2.24) is 20.4 Å². The summed E-state index contributed by atoms with van der Waals surface area (Å²) in [6.07, 6.45) is 1.93. The first-order chi connectivity index (χ1) is 10.2. The first-order valence-corrected chi connectivity index (χ1v) is 7.43. The molecule has 2 aliphatic rings. The minimum Gasteiger partial charge on any atom is -0.353 e. The number of hydrogen-bond donors (Lipinski definition) is 1. The molecule has 3 rings (SSSR count). The van der Waals surface area contributed by atoms with E-state index in [0.29, 0.717) is 19.5 Å². The summed E-state index contributed by atoms with van der Waals surface area (Å²) >= 11 is 0. The molecule has 3 heterocycles. The van der Waals surface area contributed by atoms with Crippen molar-refractivity contribution in [3.05, 3.63) is 18.3 Å². The quantitative estimate of drug-likeness (QED) is 0.848. The van der Waals surface area contributed by atoms with Crippen LogP contribution >= 0.6 is 24.8 Å². The maximum atomic E-state index is 13.2. The Hall–Kier alpha value is -1.18. The molecule has 0 bridgehead atoms. The number of halogens is 3. The zero-order chi connectivity index (χ0) is 14.7. The van der Waals surface area contributed by atoms with Crippen LogP contribution in [0, 0.1) is 0 Å². The molecule has 0 radical (unpaired) electrons. The molecule has 2 aliphatic heterocycles. The average molecular weight is 366 g/mol. The molecule has 0 aromatic carbocycles. The first kappa shape index (κ1) is 19.9. The Bertz CT molecular complexity index is 495. The molecule has 0 unspecified atom stereocenters. The van der Waals surface area contributed by atoms with Gasteiger partial charge in [-0.1, -0.05) is 0 Å². The second-order valence-corrected chi connectivity index (χ2v) is 5.54. The molecule has 1 aromatic rings. The van der Waals surface area contributed by atoms with Crippen LogP contribution in [-0.2, 0) is 4.79 Å². The highest BCUT2D eigenvalue weighted by molar-refractivity contribution is 5.85. The van der Waals surface area contributed by atoms with Crippen molar-refractivity contribution < 1.29 is 9.18 Å². The molecule has 6 nitrogen and oxygen atoms in total. The molecule has 130 valence electrons. The summed E-state index contributed by atoms with van der Waals surface area (Å²) in [6.45, 7) is 3.23. The number of carbonyl (C=O) groups excluding carboxylic acids is 1. The largest absolute Gasteiger partial charge is 0.353 e. The van der Waals surface area contributed by atoms with E-state index in [-0.39, 0.29) is 43.3 Å². The third-order valence-corrected chi connectivity index (χ3v) is 4.07.